The van der Waals surface area contributed by atoms with E-state index in [1.165, 1.54) is 12.0 Å². The van der Waals surface area contributed by atoms with Gasteiger partial charge in [-0.15, -0.1) is 0 Å². The lowest BCUT2D eigenvalue weighted by Crippen LogP contribution is -2.16. The van der Waals surface area contributed by atoms with Gasteiger partial charge >= 0.3 is 0 Å². The Kier molecular flexibility index (Phi) is 7.37. The molecule has 0 saturated carbocycles. The summed E-state index contributed by atoms with van der Waals surface area (Å²) < 4.78 is 32.8. The summed E-state index contributed by atoms with van der Waals surface area (Å²) in [5, 5.41) is 2.02. The average Bonchev–Trinajstić information content (AvgIpc) is 2.94. The monoisotopic (exact) mass is 341 g/mol. The van der Waals surface area contributed by atoms with Gasteiger partial charge in [-0.25, -0.2) is 8.78 Å². The van der Waals surface area contributed by atoms with Crippen LogP contribution in [-0.4, -0.2) is 17.5 Å². The van der Waals surface area contributed by atoms with E-state index in [2.05, 4.69) is 11.9 Å². The third-order valence-electron chi connectivity index (χ3n) is 3.82. The van der Waals surface area contributed by atoms with Crippen LogP contribution in [-0.2, 0) is 4.18 Å². The summed E-state index contributed by atoms with van der Waals surface area (Å²) in [5.74, 6) is -2.55. The van der Waals surface area contributed by atoms with Gasteiger partial charge in [0.15, 0.2) is 0 Å². The quantitative estimate of drug-likeness (QED) is 0.369. The molecule has 5 heteroatoms. The second-order valence-electron chi connectivity index (χ2n) is 5.90. The van der Waals surface area contributed by atoms with Gasteiger partial charge in [-0.05, 0) is 25.0 Å². The van der Waals surface area contributed by atoms with Gasteiger partial charge in [-0.1, -0.05) is 44.4 Å². The van der Waals surface area contributed by atoms with Crippen molar-refractivity contribution in [2.75, 3.05) is 6.61 Å². The molecule has 2 nitrogen and oxygen atoms in total. The van der Waals surface area contributed by atoms with Crippen molar-refractivity contribution in [1.29, 1.82) is 0 Å². The van der Waals surface area contributed by atoms with Crippen molar-refractivity contribution in [3.05, 3.63) is 30.3 Å². The molecule has 1 aromatic heterocycles. The number of H-pyrrole nitrogens is 1. The highest BCUT2D eigenvalue weighted by Gasteiger charge is 2.27. The maximum Gasteiger partial charge on any atom is 0.248 e. The molecule has 128 valence electrons. The fraction of sp³-hybridized carbons (Fsp3) is 0.556. The Balaban J connectivity index is 1.61. The van der Waals surface area contributed by atoms with E-state index >= 15 is 0 Å². The number of aromatic nitrogens is 1. The van der Waals surface area contributed by atoms with E-state index in [1.807, 2.05) is 30.3 Å². The van der Waals surface area contributed by atoms with E-state index in [0.717, 1.165) is 35.2 Å². The first-order valence-electron chi connectivity index (χ1n) is 8.36. The number of nitrogens with one attached hydrogen (secondary N) is 1. The molecule has 0 aliphatic carbocycles. The minimum absolute atomic E-state index is 0.00214. The van der Waals surface area contributed by atoms with Crippen LogP contribution in [0.15, 0.2) is 35.4 Å². The third kappa shape index (κ3) is 6.51. The van der Waals surface area contributed by atoms with Crippen LogP contribution in [0.2, 0.25) is 0 Å². The van der Waals surface area contributed by atoms with E-state index in [1.54, 1.807) is 0 Å². The summed E-state index contributed by atoms with van der Waals surface area (Å²) in [6.07, 6.45) is 3.93. The summed E-state index contributed by atoms with van der Waals surface area (Å²) in [6.45, 7) is 2.42. The van der Waals surface area contributed by atoms with Crippen LogP contribution in [0.1, 0.15) is 51.9 Å². The highest BCUT2D eigenvalue weighted by Crippen LogP contribution is 2.28. The zero-order chi connectivity index (χ0) is 16.5. The smallest absolute Gasteiger partial charge is 0.248 e. The number of benzene rings is 1. The van der Waals surface area contributed by atoms with Gasteiger partial charge in [0, 0.05) is 35.8 Å². The van der Waals surface area contributed by atoms with E-state index in [0.29, 0.717) is 19.4 Å². The summed E-state index contributed by atoms with van der Waals surface area (Å²) in [7, 11) is 0. The number of rotatable bonds is 11. The van der Waals surface area contributed by atoms with Crippen molar-refractivity contribution in [1.82, 2.24) is 4.98 Å². The first-order valence-corrected chi connectivity index (χ1v) is 9.10. The zero-order valence-electron chi connectivity index (χ0n) is 13.6. The predicted molar refractivity (Wildman–Crippen MR) is 93.0 cm³/mol. The highest BCUT2D eigenvalue weighted by atomic mass is 32.2. The molecule has 0 radical (unpaired) electrons. The summed E-state index contributed by atoms with van der Waals surface area (Å²) in [5.41, 5.74) is 1.05. The number of halogens is 2. The second-order valence-corrected chi connectivity index (χ2v) is 6.74. The lowest BCUT2D eigenvalue weighted by molar-refractivity contribution is -0.0223. The van der Waals surface area contributed by atoms with E-state index < -0.39 is 5.92 Å². The maximum absolute atomic E-state index is 13.7. The topological polar surface area (TPSA) is 25.0 Å². The third-order valence-corrected chi connectivity index (χ3v) is 4.50. The first kappa shape index (κ1) is 18.3. The minimum atomic E-state index is -2.55. The minimum Gasteiger partial charge on any atom is -0.348 e. The lowest BCUT2D eigenvalue weighted by Gasteiger charge is -2.15. The van der Waals surface area contributed by atoms with Crippen LogP contribution in [0.4, 0.5) is 8.78 Å². The van der Waals surface area contributed by atoms with Crippen LogP contribution >= 0.6 is 12.0 Å². The Morgan fingerprint density at radius 1 is 1.09 bits per heavy atom. The van der Waals surface area contributed by atoms with Gasteiger partial charge < -0.3 is 9.17 Å². The molecule has 0 bridgehead atoms. The normalized spacial score (nSPS) is 12.1. The van der Waals surface area contributed by atoms with Crippen molar-refractivity contribution < 1.29 is 13.0 Å². The van der Waals surface area contributed by atoms with Crippen molar-refractivity contribution in [3.8, 4) is 0 Å². The van der Waals surface area contributed by atoms with Gasteiger partial charge in [0.25, 0.3) is 0 Å². The number of fused-ring (bicyclic) bond motifs is 1. The fourth-order valence-corrected chi connectivity index (χ4v) is 3.18. The fourth-order valence-electron chi connectivity index (χ4n) is 2.52. The maximum atomic E-state index is 13.7. The van der Waals surface area contributed by atoms with E-state index in [9.17, 15) is 8.78 Å². The van der Waals surface area contributed by atoms with Crippen molar-refractivity contribution >= 4 is 22.9 Å². The Morgan fingerprint density at radius 3 is 2.65 bits per heavy atom. The van der Waals surface area contributed by atoms with Gasteiger partial charge in [-0.2, -0.15) is 0 Å². The first-order chi connectivity index (χ1) is 11.1. The Bertz CT molecular complexity index is 552. The Labute approximate surface area is 141 Å². The molecular weight excluding hydrogens is 316 g/mol. The molecule has 0 aliphatic heterocycles. The molecular formula is C18H25F2NOS. The standard InChI is InChI=1S/C18H25F2NOS/c1-2-3-4-7-11-18(19,20)12-8-13-22-23-17-14-15-9-5-6-10-16(15)21-17/h5-6,9-10,14,21H,2-4,7-8,11-13H2,1H3. The summed E-state index contributed by atoms with van der Waals surface area (Å²) in [4.78, 5) is 3.23. The van der Waals surface area contributed by atoms with Crippen molar-refractivity contribution in [2.24, 2.45) is 0 Å². The van der Waals surface area contributed by atoms with Crippen LogP contribution in [0.25, 0.3) is 10.9 Å². The lowest BCUT2D eigenvalue weighted by atomic mass is 10.0. The number of aromatic amines is 1. The number of hydrogen-bond donors (Lipinski definition) is 1. The van der Waals surface area contributed by atoms with Gasteiger partial charge in [0.2, 0.25) is 5.92 Å². The van der Waals surface area contributed by atoms with Gasteiger partial charge in [-0.3, -0.25) is 0 Å². The predicted octanol–water partition coefficient (Wildman–Crippen LogP) is 6.58. The number of unbranched alkanes of at least 4 members (excludes halogenated alkanes) is 3. The summed E-state index contributed by atoms with van der Waals surface area (Å²) >= 11 is 1.22. The van der Waals surface area contributed by atoms with Gasteiger partial charge in [0.1, 0.15) is 5.03 Å². The zero-order valence-corrected chi connectivity index (χ0v) is 14.4. The average molecular weight is 341 g/mol. The summed E-state index contributed by atoms with van der Waals surface area (Å²) in [6, 6.07) is 9.97. The molecule has 2 aromatic rings. The molecule has 1 aromatic carbocycles. The van der Waals surface area contributed by atoms with Crippen LogP contribution < -0.4 is 0 Å². The molecule has 0 atom stereocenters. The molecule has 23 heavy (non-hydrogen) atoms. The molecule has 0 spiro atoms. The number of alkyl halides is 2. The highest BCUT2D eigenvalue weighted by molar-refractivity contribution is 7.94. The Hall–Kier alpha value is -1.07. The molecule has 1 N–H and O–H groups in total. The molecule has 0 amide bonds. The molecule has 2 rings (SSSR count). The molecule has 1 heterocycles. The van der Waals surface area contributed by atoms with Crippen LogP contribution in [0.5, 0.6) is 0 Å². The van der Waals surface area contributed by atoms with Crippen molar-refractivity contribution in [2.45, 2.75) is 62.8 Å². The van der Waals surface area contributed by atoms with Crippen LogP contribution in [0.3, 0.4) is 0 Å². The molecule has 0 aliphatic rings. The van der Waals surface area contributed by atoms with Crippen molar-refractivity contribution in [3.63, 3.8) is 0 Å². The largest absolute Gasteiger partial charge is 0.348 e. The molecule has 0 saturated heterocycles. The number of hydrogen-bond acceptors (Lipinski definition) is 2. The molecule has 0 fully saturated rings. The van der Waals surface area contributed by atoms with Crippen LogP contribution in [0, 0.1) is 0 Å². The van der Waals surface area contributed by atoms with E-state index in [4.69, 9.17) is 4.18 Å². The Morgan fingerprint density at radius 2 is 1.87 bits per heavy atom. The second kappa shape index (κ2) is 9.28. The number of para-hydroxylation sites is 1. The van der Waals surface area contributed by atoms with Gasteiger partial charge in [0.05, 0.1) is 6.61 Å². The molecule has 0 unspecified atom stereocenters. The van der Waals surface area contributed by atoms with E-state index in [-0.39, 0.29) is 12.8 Å². The SMILES string of the molecule is CCCCCCC(F)(F)CCCOSc1cc2ccccc2[nH]1.